The van der Waals surface area contributed by atoms with Gasteiger partial charge in [0.05, 0.1) is 11.4 Å². The summed E-state index contributed by atoms with van der Waals surface area (Å²) in [5.74, 6) is 0.166. The molecule has 1 amide bonds. The highest BCUT2D eigenvalue weighted by molar-refractivity contribution is 7.99. The van der Waals surface area contributed by atoms with Crippen LogP contribution in [0.2, 0.25) is 5.02 Å². The smallest absolute Gasteiger partial charge is 0.230 e. The summed E-state index contributed by atoms with van der Waals surface area (Å²) >= 11 is 7.36. The average Bonchev–Trinajstić information content (AvgIpc) is 3.09. The molecule has 3 rings (SSSR count). The third-order valence-corrected chi connectivity index (χ3v) is 4.48. The van der Waals surface area contributed by atoms with Gasteiger partial charge >= 0.3 is 0 Å². The molecule has 0 radical (unpaired) electrons. The first-order valence-electron chi connectivity index (χ1n) is 7.32. The van der Waals surface area contributed by atoms with Gasteiger partial charge in [-0.15, -0.1) is 5.10 Å². The normalized spacial score (nSPS) is 10.5. The molecular formula is C17H15ClN4OS. The quantitative estimate of drug-likeness (QED) is 0.687. The molecule has 7 heteroatoms. The fourth-order valence-electron chi connectivity index (χ4n) is 2.04. The maximum atomic E-state index is 11.9. The van der Waals surface area contributed by atoms with Crippen LogP contribution in [0.4, 0.5) is 0 Å². The maximum Gasteiger partial charge on any atom is 0.230 e. The minimum Gasteiger partial charge on any atom is -0.351 e. The van der Waals surface area contributed by atoms with Crippen LogP contribution in [0.1, 0.15) is 5.56 Å². The van der Waals surface area contributed by atoms with E-state index < -0.39 is 0 Å². The third kappa shape index (κ3) is 4.37. The molecular weight excluding hydrogens is 344 g/mol. The average molecular weight is 359 g/mol. The summed E-state index contributed by atoms with van der Waals surface area (Å²) in [7, 11) is 0. The van der Waals surface area contributed by atoms with Crippen LogP contribution in [0.15, 0.2) is 66.1 Å². The summed E-state index contributed by atoms with van der Waals surface area (Å²) in [6, 6.07) is 17.1. The lowest BCUT2D eigenvalue weighted by molar-refractivity contribution is -0.118. The van der Waals surface area contributed by atoms with E-state index in [2.05, 4.69) is 15.4 Å². The topological polar surface area (TPSA) is 59.8 Å². The SMILES string of the molecule is O=C(CSc1ncn(-c2ccccc2)n1)NCc1ccccc1Cl. The number of hydrogen-bond acceptors (Lipinski definition) is 4. The molecule has 3 aromatic rings. The Labute approximate surface area is 149 Å². The van der Waals surface area contributed by atoms with E-state index in [0.29, 0.717) is 16.7 Å². The van der Waals surface area contributed by atoms with Crippen molar-refractivity contribution in [2.75, 3.05) is 5.75 Å². The molecule has 0 saturated carbocycles. The number of amides is 1. The van der Waals surface area contributed by atoms with Crippen LogP contribution >= 0.6 is 23.4 Å². The van der Waals surface area contributed by atoms with E-state index >= 15 is 0 Å². The van der Waals surface area contributed by atoms with Crippen molar-refractivity contribution in [3.63, 3.8) is 0 Å². The highest BCUT2D eigenvalue weighted by Gasteiger charge is 2.08. The number of benzene rings is 2. The molecule has 0 unspecified atom stereocenters. The summed E-state index contributed by atoms with van der Waals surface area (Å²) in [5, 5.41) is 8.40. The number of carbonyl (C=O) groups is 1. The predicted octanol–water partition coefficient (Wildman–Crippen LogP) is 3.33. The summed E-state index contributed by atoms with van der Waals surface area (Å²) < 4.78 is 1.68. The van der Waals surface area contributed by atoms with Gasteiger partial charge in [0.2, 0.25) is 11.1 Å². The molecule has 0 aliphatic carbocycles. The monoisotopic (exact) mass is 358 g/mol. The first kappa shape index (κ1) is 16.5. The molecule has 2 aromatic carbocycles. The third-order valence-electron chi connectivity index (χ3n) is 3.26. The molecule has 0 spiro atoms. The second-order valence-corrected chi connectivity index (χ2v) is 6.31. The van der Waals surface area contributed by atoms with E-state index in [1.807, 2.05) is 48.5 Å². The number of aromatic nitrogens is 3. The number of carbonyl (C=O) groups excluding carboxylic acids is 1. The summed E-state index contributed by atoms with van der Waals surface area (Å²) in [6.45, 7) is 0.408. The van der Waals surface area contributed by atoms with E-state index in [-0.39, 0.29) is 11.7 Å². The molecule has 5 nitrogen and oxygen atoms in total. The lowest BCUT2D eigenvalue weighted by Gasteiger charge is -2.06. The Morgan fingerprint density at radius 3 is 2.67 bits per heavy atom. The van der Waals surface area contributed by atoms with Gasteiger partial charge in [0.1, 0.15) is 6.33 Å². The molecule has 1 N–H and O–H groups in total. The van der Waals surface area contributed by atoms with Crippen LogP contribution in [-0.4, -0.2) is 26.4 Å². The second-order valence-electron chi connectivity index (χ2n) is 4.96. The van der Waals surface area contributed by atoms with Crippen molar-refractivity contribution >= 4 is 29.3 Å². The lowest BCUT2D eigenvalue weighted by Crippen LogP contribution is -2.24. The fourth-order valence-corrected chi connectivity index (χ4v) is 2.87. The first-order valence-corrected chi connectivity index (χ1v) is 8.69. The molecule has 0 bridgehead atoms. The van der Waals surface area contributed by atoms with Gasteiger partial charge in [-0.25, -0.2) is 9.67 Å². The van der Waals surface area contributed by atoms with Gasteiger partial charge in [0.15, 0.2) is 0 Å². The fraction of sp³-hybridized carbons (Fsp3) is 0.118. The number of halogens is 1. The minimum absolute atomic E-state index is 0.0871. The van der Waals surface area contributed by atoms with Gasteiger partial charge in [-0.3, -0.25) is 4.79 Å². The summed E-state index contributed by atoms with van der Waals surface area (Å²) in [5.41, 5.74) is 1.82. The van der Waals surface area contributed by atoms with Crippen molar-refractivity contribution in [2.45, 2.75) is 11.7 Å². The summed E-state index contributed by atoms with van der Waals surface area (Å²) in [6.07, 6.45) is 1.64. The van der Waals surface area contributed by atoms with Gasteiger partial charge in [-0.05, 0) is 23.8 Å². The van der Waals surface area contributed by atoms with Crippen LogP contribution < -0.4 is 5.32 Å². The van der Waals surface area contributed by atoms with Gasteiger partial charge < -0.3 is 5.32 Å². The molecule has 122 valence electrons. The van der Waals surface area contributed by atoms with Gasteiger partial charge in [-0.1, -0.05) is 59.8 Å². The van der Waals surface area contributed by atoms with E-state index in [4.69, 9.17) is 11.6 Å². The Hall–Kier alpha value is -2.31. The molecule has 0 atom stereocenters. The standard InChI is InChI=1S/C17H15ClN4OS/c18-15-9-5-4-6-13(15)10-19-16(23)11-24-17-20-12-22(21-17)14-7-2-1-3-8-14/h1-9,12H,10-11H2,(H,19,23). The molecule has 0 aliphatic heterocycles. The van der Waals surface area contributed by atoms with Crippen LogP contribution in [-0.2, 0) is 11.3 Å². The zero-order valence-corrected chi connectivity index (χ0v) is 14.3. The van der Waals surface area contributed by atoms with Crippen molar-refractivity contribution in [3.05, 3.63) is 71.5 Å². The Kier molecular flexibility index (Phi) is 5.51. The van der Waals surface area contributed by atoms with Gasteiger partial charge in [0, 0.05) is 11.6 Å². The largest absolute Gasteiger partial charge is 0.351 e. The zero-order chi connectivity index (χ0) is 16.8. The van der Waals surface area contributed by atoms with Crippen molar-refractivity contribution < 1.29 is 4.79 Å². The molecule has 0 aliphatic rings. The number of para-hydroxylation sites is 1. The van der Waals surface area contributed by atoms with Crippen molar-refractivity contribution in [3.8, 4) is 5.69 Å². The van der Waals surface area contributed by atoms with E-state index in [9.17, 15) is 4.79 Å². The van der Waals surface area contributed by atoms with E-state index in [1.54, 1.807) is 17.1 Å². The number of thioether (sulfide) groups is 1. The predicted molar refractivity (Wildman–Crippen MR) is 95.4 cm³/mol. The van der Waals surface area contributed by atoms with Crippen molar-refractivity contribution in [1.29, 1.82) is 0 Å². The second kappa shape index (κ2) is 7.99. The van der Waals surface area contributed by atoms with Crippen LogP contribution in [0.3, 0.4) is 0 Å². The Morgan fingerprint density at radius 2 is 1.88 bits per heavy atom. The van der Waals surface area contributed by atoms with Crippen LogP contribution in [0, 0.1) is 0 Å². The molecule has 24 heavy (non-hydrogen) atoms. The molecule has 0 saturated heterocycles. The highest BCUT2D eigenvalue weighted by Crippen LogP contribution is 2.16. The van der Waals surface area contributed by atoms with Crippen LogP contribution in [0.5, 0.6) is 0 Å². The minimum atomic E-state index is -0.0871. The molecule has 1 aromatic heterocycles. The van der Waals surface area contributed by atoms with Crippen molar-refractivity contribution in [2.24, 2.45) is 0 Å². The Balaban J connectivity index is 1.50. The maximum absolute atomic E-state index is 11.9. The van der Waals surface area contributed by atoms with E-state index in [1.165, 1.54) is 11.8 Å². The molecule has 1 heterocycles. The first-order chi connectivity index (χ1) is 11.7. The van der Waals surface area contributed by atoms with Gasteiger partial charge in [0.25, 0.3) is 0 Å². The zero-order valence-electron chi connectivity index (χ0n) is 12.7. The molecule has 0 fully saturated rings. The Bertz CT molecular complexity index is 822. The Morgan fingerprint density at radius 1 is 1.12 bits per heavy atom. The summed E-state index contributed by atoms with van der Waals surface area (Å²) in [4.78, 5) is 16.2. The van der Waals surface area contributed by atoms with E-state index in [0.717, 1.165) is 11.3 Å². The highest BCUT2D eigenvalue weighted by atomic mass is 35.5. The van der Waals surface area contributed by atoms with Crippen molar-refractivity contribution in [1.82, 2.24) is 20.1 Å². The number of hydrogen-bond donors (Lipinski definition) is 1. The number of rotatable bonds is 6. The lowest BCUT2D eigenvalue weighted by atomic mass is 10.2. The number of nitrogens with zero attached hydrogens (tertiary/aromatic N) is 3. The van der Waals surface area contributed by atoms with Gasteiger partial charge in [-0.2, -0.15) is 0 Å². The van der Waals surface area contributed by atoms with Crippen LogP contribution in [0.25, 0.3) is 5.69 Å². The number of nitrogens with one attached hydrogen (secondary N) is 1.